The molecule has 0 aliphatic heterocycles. The van der Waals surface area contributed by atoms with Crippen molar-refractivity contribution in [3.8, 4) is 0 Å². The molecule has 0 heterocycles. The maximum Gasteiger partial charge on any atom is -0.0141 e. The molecular weight excluding hydrogens is 144 g/mol. The molecule has 2 unspecified atom stereocenters. The van der Waals surface area contributed by atoms with E-state index >= 15 is 0 Å². The average Bonchev–Trinajstić information content (AvgIpc) is 2.31. The molecule has 0 aromatic rings. The van der Waals surface area contributed by atoms with Gasteiger partial charge in [0.25, 0.3) is 0 Å². The SMILES string of the molecule is C=C(C)C1CC(C)CC1C(=C)C. The highest BCUT2D eigenvalue weighted by molar-refractivity contribution is 5.12. The van der Waals surface area contributed by atoms with Crippen molar-refractivity contribution in [1.82, 2.24) is 0 Å². The predicted molar refractivity (Wildman–Crippen MR) is 55.0 cm³/mol. The molecule has 0 amide bonds. The third-order valence-electron chi connectivity index (χ3n) is 3.06. The van der Waals surface area contributed by atoms with E-state index in [2.05, 4.69) is 33.9 Å². The Morgan fingerprint density at radius 1 is 1.00 bits per heavy atom. The Kier molecular flexibility index (Phi) is 2.76. The van der Waals surface area contributed by atoms with E-state index in [1.54, 1.807) is 0 Å². The molecule has 0 spiro atoms. The number of rotatable bonds is 2. The van der Waals surface area contributed by atoms with E-state index in [1.807, 2.05) is 0 Å². The van der Waals surface area contributed by atoms with Crippen molar-refractivity contribution in [3.63, 3.8) is 0 Å². The lowest BCUT2D eigenvalue weighted by Gasteiger charge is -2.19. The Balaban J connectivity index is 2.72. The Bertz CT molecular complexity index is 178. The molecule has 12 heavy (non-hydrogen) atoms. The highest BCUT2D eigenvalue weighted by Gasteiger charge is 2.32. The first-order chi connectivity index (χ1) is 5.52. The molecule has 0 heteroatoms. The van der Waals surface area contributed by atoms with Crippen molar-refractivity contribution < 1.29 is 0 Å². The monoisotopic (exact) mass is 164 g/mol. The van der Waals surface area contributed by atoms with Crippen LogP contribution < -0.4 is 0 Å². The molecule has 0 saturated heterocycles. The molecule has 0 N–H and O–H groups in total. The third-order valence-corrected chi connectivity index (χ3v) is 3.06. The van der Waals surface area contributed by atoms with Crippen LogP contribution >= 0.6 is 0 Å². The summed E-state index contributed by atoms with van der Waals surface area (Å²) in [5, 5.41) is 0. The van der Waals surface area contributed by atoms with Crippen LogP contribution in [0, 0.1) is 17.8 Å². The molecular formula is C12H20. The summed E-state index contributed by atoms with van der Waals surface area (Å²) >= 11 is 0. The van der Waals surface area contributed by atoms with Crippen LogP contribution in [0.25, 0.3) is 0 Å². The van der Waals surface area contributed by atoms with Crippen molar-refractivity contribution in [2.24, 2.45) is 17.8 Å². The molecule has 1 aliphatic rings. The van der Waals surface area contributed by atoms with Crippen molar-refractivity contribution in [2.45, 2.75) is 33.6 Å². The Morgan fingerprint density at radius 2 is 1.33 bits per heavy atom. The molecule has 1 rings (SSSR count). The van der Waals surface area contributed by atoms with Crippen LogP contribution in [0.15, 0.2) is 24.3 Å². The predicted octanol–water partition coefficient (Wildman–Crippen LogP) is 3.80. The van der Waals surface area contributed by atoms with E-state index in [0.29, 0.717) is 11.8 Å². The maximum atomic E-state index is 4.06. The van der Waals surface area contributed by atoms with E-state index in [0.717, 1.165) is 5.92 Å². The van der Waals surface area contributed by atoms with E-state index in [1.165, 1.54) is 24.0 Å². The van der Waals surface area contributed by atoms with Gasteiger partial charge in [-0.1, -0.05) is 31.2 Å². The Labute approximate surface area is 76.4 Å². The zero-order valence-corrected chi connectivity index (χ0v) is 8.56. The van der Waals surface area contributed by atoms with Gasteiger partial charge in [-0.15, -0.1) is 0 Å². The molecule has 1 aliphatic carbocycles. The van der Waals surface area contributed by atoms with Gasteiger partial charge in [0.1, 0.15) is 0 Å². The molecule has 68 valence electrons. The first kappa shape index (κ1) is 9.57. The molecule has 0 radical (unpaired) electrons. The normalized spacial score (nSPS) is 35.1. The van der Waals surface area contributed by atoms with Crippen molar-refractivity contribution in [3.05, 3.63) is 24.3 Å². The molecule has 2 atom stereocenters. The second kappa shape index (κ2) is 3.47. The summed E-state index contributed by atoms with van der Waals surface area (Å²) in [5.41, 5.74) is 2.68. The molecule has 0 nitrogen and oxygen atoms in total. The van der Waals surface area contributed by atoms with Gasteiger partial charge in [0.15, 0.2) is 0 Å². The quantitative estimate of drug-likeness (QED) is 0.544. The molecule has 0 bridgehead atoms. The fourth-order valence-corrected chi connectivity index (χ4v) is 2.38. The van der Waals surface area contributed by atoms with Gasteiger partial charge in [0.2, 0.25) is 0 Å². The van der Waals surface area contributed by atoms with Crippen LogP contribution in [0.3, 0.4) is 0 Å². The maximum absolute atomic E-state index is 4.06. The summed E-state index contributed by atoms with van der Waals surface area (Å²) < 4.78 is 0. The summed E-state index contributed by atoms with van der Waals surface area (Å²) in [6, 6.07) is 0. The largest absolute Gasteiger partial charge is 0.0998 e. The van der Waals surface area contributed by atoms with Gasteiger partial charge in [0, 0.05) is 0 Å². The lowest BCUT2D eigenvalue weighted by atomic mass is 9.86. The lowest BCUT2D eigenvalue weighted by molar-refractivity contribution is 0.506. The summed E-state index contributed by atoms with van der Waals surface area (Å²) in [6.07, 6.45) is 2.62. The summed E-state index contributed by atoms with van der Waals surface area (Å²) in [4.78, 5) is 0. The van der Waals surface area contributed by atoms with Crippen molar-refractivity contribution >= 4 is 0 Å². The van der Waals surface area contributed by atoms with Gasteiger partial charge in [0.05, 0.1) is 0 Å². The molecule has 1 saturated carbocycles. The topological polar surface area (TPSA) is 0 Å². The van der Waals surface area contributed by atoms with Crippen molar-refractivity contribution in [2.75, 3.05) is 0 Å². The summed E-state index contributed by atoms with van der Waals surface area (Å²) in [7, 11) is 0. The Morgan fingerprint density at radius 3 is 1.58 bits per heavy atom. The van der Waals surface area contributed by atoms with Gasteiger partial charge < -0.3 is 0 Å². The first-order valence-corrected chi connectivity index (χ1v) is 4.83. The van der Waals surface area contributed by atoms with Crippen LogP contribution in [-0.2, 0) is 0 Å². The lowest BCUT2D eigenvalue weighted by Crippen LogP contribution is -2.08. The van der Waals surface area contributed by atoms with E-state index < -0.39 is 0 Å². The van der Waals surface area contributed by atoms with Gasteiger partial charge >= 0.3 is 0 Å². The number of hydrogen-bond acceptors (Lipinski definition) is 0. The van der Waals surface area contributed by atoms with Gasteiger partial charge in [-0.3, -0.25) is 0 Å². The van der Waals surface area contributed by atoms with Gasteiger partial charge in [-0.25, -0.2) is 0 Å². The van der Waals surface area contributed by atoms with Crippen LogP contribution in [0.1, 0.15) is 33.6 Å². The van der Waals surface area contributed by atoms with E-state index in [-0.39, 0.29) is 0 Å². The second-order valence-corrected chi connectivity index (χ2v) is 4.48. The minimum Gasteiger partial charge on any atom is -0.0998 e. The molecule has 0 aromatic carbocycles. The first-order valence-electron chi connectivity index (χ1n) is 4.83. The van der Waals surface area contributed by atoms with Crippen LogP contribution in [0.5, 0.6) is 0 Å². The minimum atomic E-state index is 0.706. The average molecular weight is 164 g/mol. The fraction of sp³-hybridized carbons (Fsp3) is 0.667. The standard InChI is InChI=1S/C12H20/c1-8(2)11-6-10(5)7-12(11)9(3)4/h10-12H,1,3,6-7H2,2,4-5H3. The minimum absolute atomic E-state index is 0.706. The number of allylic oxidation sites excluding steroid dienone is 2. The van der Waals surface area contributed by atoms with Crippen molar-refractivity contribution in [1.29, 1.82) is 0 Å². The zero-order chi connectivity index (χ0) is 9.30. The van der Waals surface area contributed by atoms with E-state index in [9.17, 15) is 0 Å². The summed E-state index contributed by atoms with van der Waals surface area (Å²) in [6.45, 7) is 14.8. The third kappa shape index (κ3) is 1.80. The fourth-order valence-electron chi connectivity index (χ4n) is 2.38. The van der Waals surface area contributed by atoms with Gasteiger partial charge in [-0.2, -0.15) is 0 Å². The van der Waals surface area contributed by atoms with Gasteiger partial charge in [-0.05, 0) is 44.4 Å². The number of hydrogen-bond donors (Lipinski definition) is 0. The van der Waals surface area contributed by atoms with Crippen LogP contribution in [0.4, 0.5) is 0 Å². The molecule has 0 aromatic heterocycles. The molecule has 1 fully saturated rings. The zero-order valence-electron chi connectivity index (χ0n) is 8.56. The van der Waals surface area contributed by atoms with Crippen LogP contribution in [0.2, 0.25) is 0 Å². The summed E-state index contributed by atoms with van der Waals surface area (Å²) in [5.74, 6) is 2.27. The second-order valence-electron chi connectivity index (χ2n) is 4.48. The van der Waals surface area contributed by atoms with E-state index in [4.69, 9.17) is 0 Å². The highest BCUT2D eigenvalue weighted by atomic mass is 14.4. The van der Waals surface area contributed by atoms with Crippen LogP contribution in [-0.4, -0.2) is 0 Å². The Hall–Kier alpha value is -0.520. The highest BCUT2D eigenvalue weighted by Crippen LogP contribution is 2.42. The smallest absolute Gasteiger partial charge is 0.0141 e.